The maximum Gasteiger partial charge on any atom is 0.341 e. The summed E-state index contributed by atoms with van der Waals surface area (Å²) in [6.07, 6.45) is 0. The first-order valence-corrected chi connectivity index (χ1v) is 6.25. The van der Waals surface area contributed by atoms with E-state index in [9.17, 15) is 14.4 Å². The highest BCUT2D eigenvalue weighted by atomic mass is 16.5. The summed E-state index contributed by atoms with van der Waals surface area (Å²) in [6, 6.07) is 2.89. The third-order valence-electron chi connectivity index (χ3n) is 3.14. The van der Waals surface area contributed by atoms with Crippen molar-refractivity contribution in [3.05, 3.63) is 39.2 Å². The highest BCUT2D eigenvalue weighted by molar-refractivity contribution is 6.02. The van der Waals surface area contributed by atoms with Crippen LogP contribution in [0, 0.1) is 13.8 Å². The average Bonchev–Trinajstić information content (AvgIpc) is 2.37. The molecule has 21 heavy (non-hydrogen) atoms. The van der Waals surface area contributed by atoms with E-state index in [2.05, 4.69) is 0 Å². The third kappa shape index (κ3) is 2.79. The van der Waals surface area contributed by atoms with E-state index in [1.807, 2.05) is 0 Å². The maximum atomic E-state index is 11.8. The number of ether oxygens (including phenoxy) is 1. The number of fused-ring (bicyclic) bond motifs is 1. The van der Waals surface area contributed by atoms with Gasteiger partial charge in [-0.15, -0.1) is 0 Å². The Kier molecular flexibility index (Phi) is 3.80. The molecule has 0 aliphatic carbocycles. The monoisotopic (exact) mass is 290 g/mol. The van der Waals surface area contributed by atoms with Crippen LogP contribution in [-0.2, 0) is 4.79 Å². The van der Waals surface area contributed by atoms with E-state index in [-0.39, 0.29) is 17.1 Å². The van der Waals surface area contributed by atoms with Gasteiger partial charge in [0.05, 0.1) is 5.56 Å². The summed E-state index contributed by atoms with van der Waals surface area (Å²) < 4.78 is 10.4. The number of aryl methyl sites for hydroxylation is 2. The van der Waals surface area contributed by atoms with E-state index in [1.54, 1.807) is 19.9 Å². The van der Waals surface area contributed by atoms with E-state index in [1.165, 1.54) is 13.0 Å². The van der Waals surface area contributed by atoms with Crippen molar-refractivity contribution in [2.45, 2.75) is 20.8 Å². The molecule has 0 aliphatic heterocycles. The summed E-state index contributed by atoms with van der Waals surface area (Å²) in [4.78, 5) is 33.9. The fourth-order valence-electron chi connectivity index (χ4n) is 2.17. The number of hydrogen-bond donors (Lipinski definition) is 1. The van der Waals surface area contributed by atoms with E-state index in [4.69, 9.17) is 14.3 Å². The molecule has 0 fully saturated rings. The molecular weight excluding hydrogens is 276 g/mol. The first-order chi connectivity index (χ1) is 9.81. The highest BCUT2D eigenvalue weighted by Gasteiger charge is 2.19. The van der Waals surface area contributed by atoms with Crippen molar-refractivity contribution >= 4 is 22.7 Å². The molecule has 1 aromatic heterocycles. The van der Waals surface area contributed by atoms with Gasteiger partial charge in [0.15, 0.2) is 12.4 Å². The van der Waals surface area contributed by atoms with Crippen molar-refractivity contribution < 1.29 is 23.8 Å². The number of carbonyl (C=O) groups excluding carboxylic acids is 1. The third-order valence-corrected chi connectivity index (χ3v) is 3.14. The Labute approximate surface area is 119 Å². The van der Waals surface area contributed by atoms with Gasteiger partial charge >= 0.3 is 11.6 Å². The average molecular weight is 290 g/mol. The van der Waals surface area contributed by atoms with Gasteiger partial charge in [-0.3, -0.25) is 4.79 Å². The Balaban J connectivity index is 2.78. The predicted molar refractivity (Wildman–Crippen MR) is 75.1 cm³/mol. The number of ketones is 1. The molecule has 2 aromatic rings. The largest absolute Gasteiger partial charge is 0.481 e. The second-order valence-electron chi connectivity index (χ2n) is 4.74. The molecule has 1 heterocycles. The Bertz CT molecular complexity index is 800. The molecule has 0 saturated carbocycles. The van der Waals surface area contributed by atoms with Gasteiger partial charge < -0.3 is 14.3 Å². The normalized spacial score (nSPS) is 10.6. The van der Waals surface area contributed by atoms with Gasteiger partial charge in [-0.2, -0.15) is 0 Å². The highest BCUT2D eigenvalue weighted by Crippen LogP contribution is 2.32. The Morgan fingerprint density at radius 3 is 2.52 bits per heavy atom. The van der Waals surface area contributed by atoms with Gasteiger partial charge in [-0.05, 0) is 32.4 Å². The zero-order chi connectivity index (χ0) is 15.7. The molecule has 2 rings (SSSR count). The number of benzene rings is 1. The van der Waals surface area contributed by atoms with Crippen molar-refractivity contribution in [2.24, 2.45) is 0 Å². The second-order valence-corrected chi connectivity index (χ2v) is 4.74. The summed E-state index contributed by atoms with van der Waals surface area (Å²) in [5, 5.41) is 9.34. The van der Waals surface area contributed by atoms with Crippen LogP contribution in [0.1, 0.15) is 28.4 Å². The maximum absolute atomic E-state index is 11.8. The van der Waals surface area contributed by atoms with Gasteiger partial charge in [0, 0.05) is 17.0 Å². The molecule has 6 heteroatoms. The number of carboxylic acids is 1. The summed E-state index contributed by atoms with van der Waals surface area (Å²) in [6.45, 7) is 4.14. The van der Waals surface area contributed by atoms with E-state index >= 15 is 0 Å². The molecule has 1 N–H and O–H groups in total. The van der Waals surface area contributed by atoms with Crippen LogP contribution in [0.3, 0.4) is 0 Å². The molecule has 6 nitrogen and oxygen atoms in total. The molecule has 0 spiro atoms. The lowest BCUT2D eigenvalue weighted by atomic mass is 10.0. The molecule has 110 valence electrons. The second kappa shape index (κ2) is 5.40. The van der Waals surface area contributed by atoms with Crippen LogP contribution >= 0.6 is 0 Å². The van der Waals surface area contributed by atoms with Crippen molar-refractivity contribution in [1.82, 2.24) is 0 Å². The Morgan fingerprint density at radius 1 is 1.29 bits per heavy atom. The predicted octanol–water partition coefficient (Wildman–Crippen LogP) is 2.08. The zero-order valence-corrected chi connectivity index (χ0v) is 11.9. The number of carbonyl (C=O) groups is 2. The van der Waals surface area contributed by atoms with Crippen LogP contribution in [0.2, 0.25) is 0 Å². The van der Waals surface area contributed by atoms with Crippen LogP contribution < -0.4 is 10.4 Å². The lowest BCUT2D eigenvalue weighted by Gasteiger charge is -2.14. The minimum atomic E-state index is -1.16. The van der Waals surface area contributed by atoms with Crippen molar-refractivity contribution in [1.29, 1.82) is 0 Å². The minimum Gasteiger partial charge on any atom is -0.481 e. The quantitative estimate of drug-likeness (QED) is 0.684. The number of carboxylic acid groups (broad SMARTS) is 1. The van der Waals surface area contributed by atoms with Gasteiger partial charge in [0.1, 0.15) is 11.3 Å². The van der Waals surface area contributed by atoms with E-state index in [0.29, 0.717) is 22.1 Å². The molecule has 0 radical (unpaired) electrons. The first-order valence-electron chi connectivity index (χ1n) is 6.25. The fourth-order valence-corrected chi connectivity index (χ4v) is 2.17. The molecule has 0 atom stereocenters. The molecule has 0 bridgehead atoms. The number of rotatable bonds is 4. The topological polar surface area (TPSA) is 93.8 Å². The van der Waals surface area contributed by atoms with E-state index in [0.717, 1.165) is 0 Å². The van der Waals surface area contributed by atoms with Crippen LogP contribution in [0.5, 0.6) is 5.75 Å². The summed E-state index contributed by atoms with van der Waals surface area (Å²) in [7, 11) is 0. The van der Waals surface area contributed by atoms with Gasteiger partial charge in [-0.25, -0.2) is 9.59 Å². The Morgan fingerprint density at radius 2 is 1.95 bits per heavy atom. The van der Waals surface area contributed by atoms with Crippen LogP contribution in [0.25, 0.3) is 11.0 Å². The van der Waals surface area contributed by atoms with Crippen molar-refractivity contribution in [2.75, 3.05) is 6.61 Å². The minimum absolute atomic E-state index is 0.131. The van der Waals surface area contributed by atoms with Crippen LogP contribution in [-0.4, -0.2) is 23.5 Å². The first kappa shape index (κ1) is 14.8. The molecule has 1 aromatic carbocycles. The van der Waals surface area contributed by atoms with E-state index < -0.39 is 18.2 Å². The smallest absolute Gasteiger partial charge is 0.341 e. The van der Waals surface area contributed by atoms with Crippen molar-refractivity contribution in [3.63, 3.8) is 0 Å². The van der Waals surface area contributed by atoms with Gasteiger partial charge in [0.2, 0.25) is 0 Å². The molecule has 0 aliphatic rings. The van der Waals surface area contributed by atoms with Crippen molar-refractivity contribution in [3.8, 4) is 5.75 Å². The molecule has 0 saturated heterocycles. The summed E-state index contributed by atoms with van der Waals surface area (Å²) >= 11 is 0. The summed E-state index contributed by atoms with van der Waals surface area (Å²) in [5.74, 6) is -1.29. The molecule has 0 unspecified atom stereocenters. The number of aliphatic carboxylic acids is 1. The van der Waals surface area contributed by atoms with Gasteiger partial charge in [-0.1, -0.05) is 0 Å². The van der Waals surface area contributed by atoms with Gasteiger partial charge in [0.25, 0.3) is 0 Å². The zero-order valence-electron chi connectivity index (χ0n) is 11.9. The lowest BCUT2D eigenvalue weighted by molar-refractivity contribution is -0.139. The number of hydrogen-bond acceptors (Lipinski definition) is 5. The lowest BCUT2D eigenvalue weighted by Crippen LogP contribution is -2.13. The SMILES string of the molecule is CC(=O)c1cc2c(C)cc(=O)oc2c(C)c1OCC(=O)O. The van der Waals surface area contributed by atoms with Crippen LogP contribution in [0.4, 0.5) is 0 Å². The standard InChI is InChI=1S/C15H14O6/c1-7-4-13(19)21-15-8(2)14(20-6-12(17)18)11(9(3)16)5-10(7)15/h4-5H,6H2,1-3H3,(H,17,18). The van der Waals surface area contributed by atoms with Crippen LogP contribution in [0.15, 0.2) is 21.3 Å². The fraction of sp³-hybridized carbons (Fsp3) is 0.267. The molecular formula is C15H14O6. The summed E-state index contributed by atoms with van der Waals surface area (Å²) in [5.41, 5.74) is 1.16. The molecule has 0 amide bonds. The Hall–Kier alpha value is -2.63. The number of Topliss-reactive ketones (excluding diaryl/α,β-unsaturated/α-hetero) is 1.